The minimum atomic E-state index is 0.437. The van der Waals surface area contributed by atoms with E-state index in [4.69, 9.17) is 0 Å². The first-order valence-electron chi connectivity index (χ1n) is 5.04. The third-order valence-electron chi connectivity index (χ3n) is 3.64. The van der Waals surface area contributed by atoms with Gasteiger partial charge in [0.15, 0.2) is 0 Å². The molecule has 1 saturated carbocycles. The van der Waals surface area contributed by atoms with Crippen LogP contribution in [0.2, 0.25) is 0 Å². The molecular weight excluding hydrogens is 150 g/mol. The summed E-state index contributed by atoms with van der Waals surface area (Å²) in [5.74, 6) is 0.440. The molecule has 0 N–H and O–H groups in total. The molecule has 0 unspecified atom stereocenters. The van der Waals surface area contributed by atoms with E-state index in [0.717, 1.165) is 19.5 Å². The number of nitrogens with zero attached hydrogens (tertiary/aromatic N) is 1. The van der Waals surface area contributed by atoms with E-state index in [9.17, 15) is 4.79 Å². The number of ketones is 1. The van der Waals surface area contributed by atoms with E-state index in [0.29, 0.717) is 11.3 Å². The van der Waals surface area contributed by atoms with Crippen molar-refractivity contribution >= 4 is 5.78 Å². The van der Waals surface area contributed by atoms with Crippen molar-refractivity contribution in [3.05, 3.63) is 0 Å². The summed E-state index contributed by atoms with van der Waals surface area (Å²) < 4.78 is 0. The number of likely N-dealkylation sites (tertiary alicyclic amines) is 1. The Morgan fingerprint density at radius 1 is 1.50 bits per heavy atom. The van der Waals surface area contributed by atoms with Crippen molar-refractivity contribution in [1.82, 2.24) is 4.90 Å². The lowest BCUT2D eigenvalue weighted by atomic mass is 9.73. The molecule has 1 saturated heterocycles. The molecule has 12 heavy (non-hydrogen) atoms. The SMILES string of the molecule is CCC1(N2CCC(=O)C2)CCC1. The number of hydrogen-bond acceptors (Lipinski definition) is 2. The van der Waals surface area contributed by atoms with E-state index in [1.54, 1.807) is 0 Å². The molecule has 0 aromatic heterocycles. The smallest absolute Gasteiger partial charge is 0.148 e. The topological polar surface area (TPSA) is 20.3 Å². The predicted octanol–water partition coefficient (Wildman–Crippen LogP) is 1.59. The van der Waals surface area contributed by atoms with Crippen molar-refractivity contribution in [2.75, 3.05) is 13.1 Å². The van der Waals surface area contributed by atoms with E-state index >= 15 is 0 Å². The van der Waals surface area contributed by atoms with E-state index in [2.05, 4.69) is 11.8 Å². The van der Waals surface area contributed by atoms with Gasteiger partial charge in [-0.05, 0) is 25.7 Å². The molecule has 2 heteroatoms. The van der Waals surface area contributed by atoms with Crippen molar-refractivity contribution in [2.24, 2.45) is 0 Å². The molecule has 0 aromatic carbocycles. The highest BCUT2D eigenvalue weighted by atomic mass is 16.1. The maximum Gasteiger partial charge on any atom is 0.148 e. The zero-order valence-corrected chi connectivity index (χ0v) is 7.81. The standard InChI is InChI=1S/C10H17NO/c1-2-10(5-3-6-10)11-7-4-9(12)8-11/h2-8H2,1H3. The molecule has 1 aliphatic heterocycles. The zero-order valence-electron chi connectivity index (χ0n) is 7.81. The quantitative estimate of drug-likeness (QED) is 0.622. The minimum absolute atomic E-state index is 0.437. The fourth-order valence-electron chi connectivity index (χ4n) is 2.51. The molecule has 0 bridgehead atoms. The molecule has 1 heterocycles. The molecule has 0 aromatic rings. The van der Waals surface area contributed by atoms with Gasteiger partial charge in [0.25, 0.3) is 0 Å². The van der Waals surface area contributed by atoms with Gasteiger partial charge in [-0.3, -0.25) is 9.69 Å². The fourth-order valence-corrected chi connectivity index (χ4v) is 2.51. The van der Waals surface area contributed by atoms with Gasteiger partial charge < -0.3 is 0 Å². The lowest BCUT2D eigenvalue weighted by Gasteiger charge is -2.48. The van der Waals surface area contributed by atoms with E-state index in [-0.39, 0.29) is 0 Å². The monoisotopic (exact) mass is 167 g/mol. The van der Waals surface area contributed by atoms with Crippen LogP contribution in [0.3, 0.4) is 0 Å². The van der Waals surface area contributed by atoms with Gasteiger partial charge in [0.2, 0.25) is 0 Å². The molecule has 2 nitrogen and oxygen atoms in total. The average molecular weight is 167 g/mol. The third-order valence-corrected chi connectivity index (χ3v) is 3.64. The number of rotatable bonds is 2. The van der Waals surface area contributed by atoms with Gasteiger partial charge >= 0.3 is 0 Å². The highest BCUT2D eigenvalue weighted by Gasteiger charge is 2.43. The van der Waals surface area contributed by atoms with Gasteiger partial charge in [0.1, 0.15) is 5.78 Å². The lowest BCUT2D eigenvalue weighted by Crippen LogP contribution is -2.52. The van der Waals surface area contributed by atoms with Crippen molar-refractivity contribution in [2.45, 2.75) is 44.6 Å². The molecule has 2 rings (SSSR count). The van der Waals surface area contributed by atoms with Gasteiger partial charge in [0.05, 0.1) is 6.54 Å². The van der Waals surface area contributed by atoms with Gasteiger partial charge in [-0.25, -0.2) is 0 Å². The molecule has 2 aliphatic rings. The summed E-state index contributed by atoms with van der Waals surface area (Å²) in [5, 5.41) is 0. The first-order chi connectivity index (χ1) is 5.77. The summed E-state index contributed by atoms with van der Waals surface area (Å²) in [5.41, 5.74) is 0.437. The Labute approximate surface area is 73.9 Å². The highest BCUT2D eigenvalue weighted by molar-refractivity contribution is 5.82. The van der Waals surface area contributed by atoms with Crippen LogP contribution in [0.5, 0.6) is 0 Å². The summed E-state index contributed by atoms with van der Waals surface area (Å²) >= 11 is 0. The summed E-state index contributed by atoms with van der Waals surface area (Å²) in [6.07, 6.45) is 6.01. The molecule has 0 atom stereocenters. The molecule has 0 radical (unpaired) electrons. The van der Waals surface area contributed by atoms with Crippen LogP contribution in [0.15, 0.2) is 0 Å². The van der Waals surface area contributed by atoms with Gasteiger partial charge in [0, 0.05) is 18.5 Å². The number of carbonyl (C=O) groups excluding carboxylic acids is 1. The van der Waals surface area contributed by atoms with Gasteiger partial charge in [-0.15, -0.1) is 0 Å². The third kappa shape index (κ3) is 1.09. The Hall–Kier alpha value is -0.370. The van der Waals surface area contributed by atoms with Crippen LogP contribution >= 0.6 is 0 Å². The first kappa shape index (κ1) is 8.24. The Balaban J connectivity index is 2.02. The minimum Gasteiger partial charge on any atom is -0.298 e. The Bertz CT molecular complexity index is 191. The predicted molar refractivity (Wildman–Crippen MR) is 48.1 cm³/mol. The Kier molecular flexibility index (Phi) is 1.95. The Morgan fingerprint density at radius 2 is 2.25 bits per heavy atom. The second-order valence-corrected chi connectivity index (χ2v) is 4.14. The van der Waals surface area contributed by atoms with Crippen LogP contribution < -0.4 is 0 Å². The molecular formula is C10H17NO. The fraction of sp³-hybridized carbons (Fsp3) is 0.900. The van der Waals surface area contributed by atoms with E-state index in [1.165, 1.54) is 25.7 Å². The maximum absolute atomic E-state index is 11.1. The number of Topliss-reactive ketones (excluding diaryl/α,β-unsaturated/α-hetero) is 1. The summed E-state index contributed by atoms with van der Waals surface area (Å²) in [6, 6.07) is 0. The van der Waals surface area contributed by atoms with Crippen LogP contribution in [0.1, 0.15) is 39.0 Å². The maximum atomic E-state index is 11.1. The van der Waals surface area contributed by atoms with Crippen LogP contribution in [0, 0.1) is 0 Å². The van der Waals surface area contributed by atoms with E-state index < -0.39 is 0 Å². The largest absolute Gasteiger partial charge is 0.298 e. The van der Waals surface area contributed by atoms with Crippen LogP contribution in [-0.4, -0.2) is 29.3 Å². The van der Waals surface area contributed by atoms with Crippen LogP contribution in [0.25, 0.3) is 0 Å². The molecule has 68 valence electrons. The normalized spacial score (nSPS) is 28.9. The highest BCUT2D eigenvalue weighted by Crippen LogP contribution is 2.41. The lowest BCUT2D eigenvalue weighted by molar-refractivity contribution is -0.117. The van der Waals surface area contributed by atoms with Gasteiger partial charge in [-0.1, -0.05) is 6.92 Å². The van der Waals surface area contributed by atoms with Crippen molar-refractivity contribution in [1.29, 1.82) is 0 Å². The number of carbonyl (C=O) groups is 1. The van der Waals surface area contributed by atoms with Crippen molar-refractivity contribution < 1.29 is 4.79 Å². The second-order valence-electron chi connectivity index (χ2n) is 4.14. The first-order valence-corrected chi connectivity index (χ1v) is 5.04. The van der Waals surface area contributed by atoms with Crippen LogP contribution in [0.4, 0.5) is 0 Å². The van der Waals surface area contributed by atoms with Crippen LogP contribution in [-0.2, 0) is 4.79 Å². The van der Waals surface area contributed by atoms with Gasteiger partial charge in [-0.2, -0.15) is 0 Å². The summed E-state index contributed by atoms with van der Waals surface area (Å²) in [7, 11) is 0. The molecule has 0 spiro atoms. The average Bonchev–Trinajstić information content (AvgIpc) is 2.35. The Morgan fingerprint density at radius 3 is 2.58 bits per heavy atom. The zero-order chi connectivity index (χ0) is 8.60. The second kappa shape index (κ2) is 2.84. The summed E-state index contributed by atoms with van der Waals surface area (Å²) in [4.78, 5) is 13.5. The van der Waals surface area contributed by atoms with Crippen molar-refractivity contribution in [3.63, 3.8) is 0 Å². The number of hydrogen-bond donors (Lipinski definition) is 0. The molecule has 1 aliphatic carbocycles. The summed E-state index contributed by atoms with van der Waals surface area (Å²) in [6.45, 7) is 4.00. The molecule has 0 amide bonds. The van der Waals surface area contributed by atoms with Crippen molar-refractivity contribution in [3.8, 4) is 0 Å². The molecule has 2 fully saturated rings. The van der Waals surface area contributed by atoms with E-state index in [1.807, 2.05) is 0 Å².